The first-order chi connectivity index (χ1) is 7.63. The molecule has 0 aliphatic heterocycles. The van der Waals surface area contributed by atoms with Crippen molar-refractivity contribution in [1.82, 2.24) is 5.32 Å². The van der Waals surface area contributed by atoms with Crippen LogP contribution in [0.25, 0.3) is 0 Å². The standard InChI is InChI=1S/C12H18N2O2/c1-9-3-4-10(11(13)7-9)8-12(15)14-5-6-16-2/h3-4,7H,5-6,8,13H2,1-2H3,(H,14,15). The average Bonchev–Trinajstić information content (AvgIpc) is 2.23. The summed E-state index contributed by atoms with van der Waals surface area (Å²) >= 11 is 0. The van der Waals surface area contributed by atoms with Crippen molar-refractivity contribution in [3.8, 4) is 0 Å². The first-order valence-electron chi connectivity index (χ1n) is 5.24. The van der Waals surface area contributed by atoms with E-state index in [4.69, 9.17) is 10.5 Å². The summed E-state index contributed by atoms with van der Waals surface area (Å²) in [4.78, 5) is 11.5. The maximum Gasteiger partial charge on any atom is 0.224 e. The molecular weight excluding hydrogens is 204 g/mol. The van der Waals surface area contributed by atoms with Crippen molar-refractivity contribution in [2.75, 3.05) is 26.0 Å². The van der Waals surface area contributed by atoms with Crippen LogP contribution in [0.15, 0.2) is 18.2 Å². The molecule has 88 valence electrons. The normalized spacial score (nSPS) is 10.1. The largest absolute Gasteiger partial charge is 0.398 e. The number of nitrogens with two attached hydrogens (primary N) is 1. The van der Waals surface area contributed by atoms with Gasteiger partial charge in [-0.3, -0.25) is 4.79 Å². The molecule has 0 saturated carbocycles. The molecule has 0 bridgehead atoms. The predicted molar refractivity (Wildman–Crippen MR) is 64.2 cm³/mol. The molecule has 4 nitrogen and oxygen atoms in total. The third kappa shape index (κ3) is 3.90. The van der Waals surface area contributed by atoms with E-state index >= 15 is 0 Å². The van der Waals surface area contributed by atoms with Crippen molar-refractivity contribution in [2.45, 2.75) is 13.3 Å². The number of methoxy groups -OCH3 is 1. The Morgan fingerprint density at radius 3 is 2.88 bits per heavy atom. The fourth-order valence-electron chi connectivity index (χ4n) is 1.40. The molecule has 1 aromatic rings. The van der Waals surface area contributed by atoms with Gasteiger partial charge in [0.2, 0.25) is 5.91 Å². The van der Waals surface area contributed by atoms with Crippen molar-refractivity contribution in [3.63, 3.8) is 0 Å². The molecule has 0 aromatic heterocycles. The number of hydrogen-bond acceptors (Lipinski definition) is 3. The number of anilines is 1. The SMILES string of the molecule is COCCNC(=O)Cc1ccc(C)cc1N. The zero-order valence-electron chi connectivity index (χ0n) is 9.75. The van der Waals surface area contributed by atoms with Crippen molar-refractivity contribution >= 4 is 11.6 Å². The van der Waals surface area contributed by atoms with Gasteiger partial charge >= 0.3 is 0 Å². The number of hydrogen-bond donors (Lipinski definition) is 2. The van der Waals surface area contributed by atoms with Gasteiger partial charge in [0, 0.05) is 19.3 Å². The molecule has 0 aliphatic rings. The first-order valence-corrected chi connectivity index (χ1v) is 5.24. The number of benzene rings is 1. The number of ether oxygens (including phenoxy) is 1. The Morgan fingerprint density at radius 2 is 2.25 bits per heavy atom. The summed E-state index contributed by atoms with van der Waals surface area (Å²) < 4.78 is 4.84. The number of carbonyl (C=O) groups is 1. The minimum absolute atomic E-state index is 0.0346. The van der Waals surface area contributed by atoms with Gasteiger partial charge < -0.3 is 15.8 Å². The van der Waals surface area contributed by atoms with Crippen LogP contribution < -0.4 is 11.1 Å². The number of rotatable bonds is 5. The lowest BCUT2D eigenvalue weighted by atomic mass is 10.1. The Kier molecular flexibility index (Phi) is 4.79. The van der Waals surface area contributed by atoms with Gasteiger partial charge in [0.25, 0.3) is 0 Å². The van der Waals surface area contributed by atoms with Gasteiger partial charge in [0.15, 0.2) is 0 Å². The number of nitrogen functional groups attached to an aromatic ring is 1. The van der Waals surface area contributed by atoms with Crippen molar-refractivity contribution < 1.29 is 9.53 Å². The van der Waals surface area contributed by atoms with E-state index in [1.54, 1.807) is 7.11 Å². The fourth-order valence-corrected chi connectivity index (χ4v) is 1.40. The lowest BCUT2D eigenvalue weighted by molar-refractivity contribution is -0.120. The van der Waals surface area contributed by atoms with E-state index in [1.165, 1.54) is 0 Å². The summed E-state index contributed by atoms with van der Waals surface area (Å²) in [7, 11) is 1.60. The lowest BCUT2D eigenvalue weighted by Gasteiger charge is -2.07. The highest BCUT2D eigenvalue weighted by atomic mass is 16.5. The molecule has 0 aliphatic carbocycles. The summed E-state index contributed by atoms with van der Waals surface area (Å²) in [6, 6.07) is 5.71. The van der Waals surface area contributed by atoms with Crippen LogP contribution in [-0.4, -0.2) is 26.2 Å². The van der Waals surface area contributed by atoms with Crippen molar-refractivity contribution in [1.29, 1.82) is 0 Å². The summed E-state index contributed by atoms with van der Waals surface area (Å²) in [5.41, 5.74) is 8.45. The molecule has 1 aromatic carbocycles. The molecule has 1 rings (SSSR count). The molecule has 3 N–H and O–H groups in total. The maximum atomic E-state index is 11.5. The zero-order chi connectivity index (χ0) is 12.0. The highest BCUT2D eigenvalue weighted by Gasteiger charge is 2.05. The Hall–Kier alpha value is -1.55. The monoisotopic (exact) mass is 222 g/mol. The van der Waals surface area contributed by atoms with Gasteiger partial charge in [-0.1, -0.05) is 12.1 Å². The Balaban J connectivity index is 2.49. The van der Waals surface area contributed by atoms with Crippen LogP contribution >= 0.6 is 0 Å². The van der Waals surface area contributed by atoms with Crippen LogP contribution in [-0.2, 0) is 16.0 Å². The summed E-state index contributed by atoms with van der Waals surface area (Å²) in [6.07, 6.45) is 0.315. The third-order valence-corrected chi connectivity index (χ3v) is 2.28. The van der Waals surface area contributed by atoms with Crippen LogP contribution in [0, 0.1) is 6.92 Å². The van der Waals surface area contributed by atoms with E-state index < -0.39 is 0 Å². The highest BCUT2D eigenvalue weighted by Crippen LogP contribution is 2.14. The van der Waals surface area contributed by atoms with Gasteiger partial charge in [0.05, 0.1) is 13.0 Å². The quantitative estimate of drug-likeness (QED) is 0.574. The van der Waals surface area contributed by atoms with E-state index in [0.29, 0.717) is 25.3 Å². The minimum atomic E-state index is -0.0346. The van der Waals surface area contributed by atoms with Crippen LogP contribution in [0.5, 0.6) is 0 Å². The lowest BCUT2D eigenvalue weighted by Crippen LogP contribution is -2.28. The molecule has 1 amide bonds. The second kappa shape index (κ2) is 6.12. The maximum absolute atomic E-state index is 11.5. The topological polar surface area (TPSA) is 64.3 Å². The smallest absolute Gasteiger partial charge is 0.224 e. The highest BCUT2D eigenvalue weighted by molar-refractivity contribution is 5.80. The molecular formula is C12H18N2O2. The number of amides is 1. The van der Waals surface area contributed by atoms with Crippen LogP contribution in [0.3, 0.4) is 0 Å². The molecule has 4 heteroatoms. The fraction of sp³-hybridized carbons (Fsp3) is 0.417. The van der Waals surface area contributed by atoms with Gasteiger partial charge in [0.1, 0.15) is 0 Å². The average molecular weight is 222 g/mol. The molecule has 0 fully saturated rings. The van der Waals surface area contributed by atoms with E-state index in [0.717, 1.165) is 11.1 Å². The Labute approximate surface area is 95.8 Å². The van der Waals surface area contributed by atoms with E-state index in [-0.39, 0.29) is 5.91 Å². The molecule has 0 spiro atoms. The summed E-state index contributed by atoms with van der Waals surface area (Å²) in [5.74, 6) is -0.0346. The van der Waals surface area contributed by atoms with Crippen LogP contribution in [0.4, 0.5) is 5.69 Å². The van der Waals surface area contributed by atoms with Crippen molar-refractivity contribution in [3.05, 3.63) is 29.3 Å². The van der Waals surface area contributed by atoms with E-state index in [2.05, 4.69) is 5.32 Å². The van der Waals surface area contributed by atoms with E-state index in [9.17, 15) is 4.79 Å². The first kappa shape index (κ1) is 12.5. The van der Waals surface area contributed by atoms with Gasteiger partial charge in [-0.2, -0.15) is 0 Å². The molecule has 0 unspecified atom stereocenters. The van der Waals surface area contributed by atoms with Gasteiger partial charge in [-0.25, -0.2) is 0 Å². The zero-order valence-corrected chi connectivity index (χ0v) is 9.75. The minimum Gasteiger partial charge on any atom is -0.398 e. The van der Waals surface area contributed by atoms with Crippen molar-refractivity contribution in [2.24, 2.45) is 0 Å². The molecule has 0 atom stereocenters. The molecule has 0 saturated heterocycles. The Bertz CT molecular complexity index is 364. The number of carbonyl (C=O) groups excluding carboxylic acids is 1. The van der Waals surface area contributed by atoms with E-state index in [1.807, 2.05) is 25.1 Å². The molecule has 16 heavy (non-hydrogen) atoms. The second-order valence-corrected chi connectivity index (χ2v) is 3.72. The molecule has 0 heterocycles. The summed E-state index contributed by atoms with van der Waals surface area (Å²) in [6.45, 7) is 3.02. The Morgan fingerprint density at radius 1 is 1.50 bits per heavy atom. The third-order valence-electron chi connectivity index (χ3n) is 2.28. The number of nitrogens with one attached hydrogen (secondary N) is 1. The second-order valence-electron chi connectivity index (χ2n) is 3.72. The van der Waals surface area contributed by atoms with Crippen LogP contribution in [0.2, 0.25) is 0 Å². The summed E-state index contributed by atoms with van der Waals surface area (Å²) in [5, 5.41) is 2.75. The van der Waals surface area contributed by atoms with Crippen LogP contribution in [0.1, 0.15) is 11.1 Å². The predicted octanol–water partition coefficient (Wildman–Crippen LogP) is 0.882. The van der Waals surface area contributed by atoms with Gasteiger partial charge in [-0.15, -0.1) is 0 Å². The molecule has 0 radical (unpaired) electrons. The van der Waals surface area contributed by atoms with Gasteiger partial charge in [-0.05, 0) is 24.1 Å². The number of aryl methyl sites for hydroxylation is 1.